The molecule has 1 unspecified atom stereocenters. The number of hydrogen-bond donors (Lipinski definition) is 1. The Kier molecular flexibility index (Phi) is 2.73. The van der Waals surface area contributed by atoms with Gasteiger partial charge in [0.2, 0.25) is 0 Å². The van der Waals surface area contributed by atoms with Crippen LogP contribution < -0.4 is 10.1 Å². The summed E-state index contributed by atoms with van der Waals surface area (Å²) in [5, 5.41) is 3.43. The number of aromatic nitrogens is 2. The van der Waals surface area contributed by atoms with Crippen LogP contribution in [-0.2, 0) is 0 Å². The van der Waals surface area contributed by atoms with Crippen molar-refractivity contribution in [1.29, 1.82) is 0 Å². The zero-order valence-corrected chi connectivity index (χ0v) is 10.0. The van der Waals surface area contributed by atoms with Gasteiger partial charge in [-0.15, -0.1) is 0 Å². The number of ether oxygens (including phenoxy) is 1. The van der Waals surface area contributed by atoms with E-state index in [1.807, 2.05) is 24.5 Å². The summed E-state index contributed by atoms with van der Waals surface area (Å²) in [6, 6.07) is 4.02. The van der Waals surface area contributed by atoms with Gasteiger partial charge >= 0.3 is 0 Å². The van der Waals surface area contributed by atoms with Gasteiger partial charge in [0.25, 0.3) is 0 Å². The molecule has 1 atom stereocenters. The molecule has 1 N–H and O–H groups in total. The summed E-state index contributed by atoms with van der Waals surface area (Å²) < 4.78 is 7.42. The lowest BCUT2D eigenvalue weighted by Crippen LogP contribution is -2.29. The summed E-state index contributed by atoms with van der Waals surface area (Å²) in [6.07, 6.45) is 6.39. The molecule has 1 aliphatic heterocycles. The second kappa shape index (κ2) is 4.37. The van der Waals surface area contributed by atoms with Gasteiger partial charge in [0, 0.05) is 12.5 Å². The van der Waals surface area contributed by atoms with Gasteiger partial charge in [0.15, 0.2) is 0 Å². The van der Waals surface area contributed by atoms with Gasteiger partial charge in [0.05, 0.1) is 25.0 Å². The fourth-order valence-electron chi connectivity index (χ4n) is 2.49. The molecule has 2 aromatic heterocycles. The summed E-state index contributed by atoms with van der Waals surface area (Å²) in [4.78, 5) is 4.56. The molecule has 0 saturated carbocycles. The second-order valence-electron chi connectivity index (χ2n) is 4.52. The number of pyridine rings is 1. The van der Waals surface area contributed by atoms with Crippen LogP contribution in [-0.4, -0.2) is 29.6 Å². The molecule has 1 fully saturated rings. The molecule has 1 saturated heterocycles. The first-order valence-electron chi connectivity index (χ1n) is 6.10. The van der Waals surface area contributed by atoms with E-state index in [0.29, 0.717) is 5.92 Å². The fraction of sp³-hybridized carbons (Fsp3) is 0.462. The van der Waals surface area contributed by atoms with E-state index >= 15 is 0 Å². The molecule has 0 aromatic carbocycles. The van der Waals surface area contributed by atoms with E-state index in [2.05, 4.69) is 14.7 Å². The normalized spacial score (nSPS) is 20.6. The third kappa shape index (κ3) is 1.89. The number of hydrogen-bond acceptors (Lipinski definition) is 3. The first kappa shape index (κ1) is 10.6. The summed E-state index contributed by atoms with van der Waals surface area (Å²) in [7, 11) is 1.69. The van der Waals surface area contributed by atoms with Gasteiger partial charge in [-0.2, -0.15) is 0 Å². The SMILES string of the molecule is COc1ccc2cnc(C3CCCNC3)n2c1. The highest BCUT2D eigenvalue weighted by Crippen LogP contribution is 2.24. The van der Waals surface area contributed by atoms with E-state index in [9.17, 15) is 0 Å². The minimum atomic E-state index is 0.512. The van der Waals surface area contributed by atoms with Crippen LogP contribution in [0.4, 0.5) is 0 Å². The van der Waals surface area contributed by atoms with Crippen molar-refractivity contribution in [3.8, 4) is 5.75 Å². The quantitative estimate of drug-likeness (QED) is 0.856. The molecule has 1 aliphatic rings. The number of methoxy groups -OCH3 is 1. The molecule has 0 bridgehead atoms. The van der Waals surface area contributed by atoms with Crippen LogP contribution in [0.25, 0.3) is 5.52 Å². The van der Waals surface area contributed by atoms with E-state index in [0.717, 1.165) is 30.2 Å². The fourth-order valence-corrected chi connectivity index (χ4v) is 2.49. The van der Waals surface area contributed by atoms with Gasteiger partial charge in [-0.3, -0.25) is 4.40 Å². The Labute approximate surface area is 101 Å². The standard InChI is InChI=1S/C13H17N3O/c1-17-12-5-4-11-8-15-13(16(11)9-12)10-3-2-6-14-7-10/h4-5,8-10,14H,2-3,6-7H2,1H3. The average molecular weight is 231 g/mol. The maximum absolute atomic E-state index is 5.27. The molecule has 4 nitrogen and oxygen atoms in total. The number of fused-ring (bicyclic) bond motifs is 1. The van der Waals surface area contributed by atoms with Gasteiger partial charge in [-0.1, -0.05) is 0 Å². The highest BCUT2D eigenvalue weighted by atomic mass is 16.5. The van der Waals surface area contributed by atoms with Crippen molar-refractivity contribution in [2.24, 2.45) is 0 Å². The molecule has 3 rings (SSSR count). The van der Waals surface area contributed by atoms with Crippen LogP contribution in [0.1, 0.15) is 24.6 Å². The number of rotatable bonds is 2. The Balaban J connectivity index is 2.02. The van der Waals surface area contributed by atoms with E-state index < -0.39 is 0 Å². The molecule has 0 spiro atoms. The number of nitrogens with zero attached hydrogens (tertiary/aromatic N) is 2. The molecule has 3 heterocycles. The Morgan fingerprint density at radius 2 is 2.41 bits per heavy atom. The third-order valence-corrected chi connectivity index (χ3v) is 3.43. The molecule has 0 aliphatic carbocycles. The zero-order valence-electron chi connectivity index (χ0n) is 10.0. The van der Waals surface area contributed by atoms with Crippen LogP contribution in [0.5, 0.6) is 5.75 Å². The molecular formula is C13H17N3O. The van der Waals surface area contributed by atoms with Gasteiger partial charge in [0.1, 0.15) is 11.6 Å². The molecule has 0 amide bonds. The first-order valence-corrected chi connectivity index (χ1v) is 6.10. The summed E-state index contributed by atoms with van der Waals surface area (Å²) in [5.41, 5.74) is 1.13. The van der Waals surface area contributed by atoms with Gasteiger partial charge < -0.3 is 10.1 Å². The van der Waals surface area contributed by atoms with Crippen molar-refractivity contribution < 1.29 is 4.74 Å². The summed E-state index contributed by atoms with van der Waals surface area (Å²) >= 11 is 0. The van der Waals surface area contributed by atoms with Gasteiger partial charge in [-0.05, 0) is 31.5 Å². The minimum Gasteiger partial charge on any atom is -0.495 e. The molecule has 4 heteroatoms. The third-order valence-electron chi connectivity index (χ3n) is 3.43. The number of imidazole rings is 1. The van der Waals surface area contributed by atoms with Crippen LogP contribution >= 0.6 is 0 Å². The lowest BCUT2D eigenvalue weighted by molar-refractivity contribution is 0.410. The maximum Gasteiger partial charge on any atom is 0.135 e. The van der Waals surface area contributed by atoms with Crippen molar-refractivity contribution in [3.05, 3.63) is 30.4 Å². The lowest BCUT2D eigenvalue weighted by atomic mass is 9.99. The van der Waals surface area contributed by atoms with E-state index in [-0.39, 0.29) is 0 Å². The maximum atomic E-state index is 5.27. The Morgan fingerprint density at radius 3 is 3.18 bits per heavy atom. The highest BCUT2D eigenvalue weighted by molar-refractivity contribution is 5.48. The first-order chi connectivity index (χ1) is 8.38. The predicted molar refractivity (Wildman–Crippen MR) is 66.6 cm³/mol. The lowest BCUT2D eigenvalue weighted by Gasteiger charge is -2.21. The summed E-state index contributed by atoms with van der Waals surface area (Å²) in [6.45, 7) is 2.15. The van der Waals surface area contributed by atoms with Crippen LogP contribution in [0.15, 0.2) is 24.5 Å². The van der Waals surface area contributed by atoms with Crippen molar-refractivity contribution in [3.63, 3.8) is 0 Å². The van der Waals surface area contributed by atoms with E-state index in [1.54, 1.807) is 7.11 Å². The average Bonchev–Trinajstić information content (AvgIpc) is 2.82. The van der Waals surface area contributed by atoms with Gasteiger partial charge in [-0.25, -0.2) is 4.98 Å². The Morgan fingerprint density at radius 1 is 1.47 bits per heavy atom. The molecule has 2 aromatic rings. The number of piperidine rings is 1. The summed E-state index contributed by atoms with van der Waals surface area (Å²) in [5.74, 6) is 2.53. The molecule has 0 radical (unpaired) electrons. The zero-order chi connectivity index (χ0) is 11.7. The van der Waals surface area contributed by atoms with Crippen molar-refractivity contribution >= 4 is 5.52 Å². The molecular weight excluding hydrogens is 214 g/mol. The van der Waals surface area contributed by atoms with Crippen LogP contribution in [0.2, 0.25) is 0 Å². The number of nitrogens with one attached hydrogen (secondary N) is 1. The monoisotopic (exact) mass is 231 g/mol. The van der Waals surface area contributed by atoms with E-state index in [4.69, 9.17) is 4.74 Å². The van der Waals surface area contributed by atoms with Crippen LogP contribution in [0.3, 0.4) is 0 Å². The minimum absolute atomic E-state index is 0.512. The van der Waals surface area contributed by atoms with Crippen molar-refractivity contribution in [2.45, 2.75) is 18.8 Å². The Hall–Kier alpha value is -1.55. The molecule has 90 valence electrons. The highest BCUT2D eigenvalue weighted by Gasteiger charge is 2.19. The van der Waals surface area contributed by atoms with Crippen molar-refractivity contribution in [2.75, 3.05) is 20.2 Å². The van der Waals surface area contributed by atoms with Crippen molar-refractivity contribution in [1.82, 2.24) is 14.7 Å². The molecule has 17 heavy (non-hydrogen) atoms. The van der Waals surface area contributed by atoms with Crippen LogP contribution in [0, 0.1) is 0 Å². The Bertz CT molecular complexity index is 514. The largest absolute Gasteiger partial charge is 0.495 e. The predicted octanol–water partition coefficient (Wildman–Crippen LogP) is 1.81. The van der Waals surface area contributed by atoms with E-state index in [1.165, 1.54) is 12.8 Å². The topological polar surface area (TPSA) is 38.6 Å². The smallest absolute Gasteiger partial charge is 0.135 e. The second-order valence-corrected chi connectivity index (χ2v) is 4.52.